The van der Waals surface area contributed by atoms with E-state index < -0.39 is 12.0 Å². The molecule has 0 spiro atoms. The number of carbonyl (C=O) groups is 2. The first kappa shape index (κ1) is 16.6. The number of rotatable bonds is 8. The Morgan fingerprint density at radius 2 is 2.09 bits per heavy atom. The largest absolute Gasteiger partial charge is 0.492 e. The molecule has 1 fully saturated rings. The summed E-state index contributed by atoms with van der Waals surface area (Å²) in [5.41, 5.74) is 0. The van der Waals surface area contributed by atoms with Gasteiger partial charge in [0.15, 0.2) is 0 Å². The fourth-order valence-corrected chi connectivity index (χ4v) is 2.49. The lowest BCUT2D eigenvalue weighted by molar-refractivity contribution is -0.150. The molecule has 22 heavy (non-hydrogen) atoms. The summed E-state index contributed by atoms with van der Waals surface area (Å²) >= 11 is 5.98. The number of amides is 1. The minimum Gasteiger partial charge on any atom is -0.492 e. The SMILES string of the molecule is CC(C(=O)O)N(C(=O)CCCOc1ccccc1Cl)C1CC1. The molecule has 1 aliphatic carbocycles. The van der Waals surface area contributed by atoms with Crippen LogP contribution in [-0.2, 0) is 9.59 Å². The van der Waals surface area contributed by atoms with Gasteiger partial charge in [-0.05, 0) is 38.3 Å². The van der Waals surface area contributed by atoms with E-state index in [1.54, 1.807) is 19.1 Å². The number of hydrogen-bond donors (Lipinski definition) is 1. The van der Waals surface area contributed by atoms with Crippen molar-refractivity contribution < 1.29 is 19.4 Å². The van der Waals surface area contributed by atoms with Gasteiger partial charge in [-0.25, -0.2) is 4.79 Å². The van der Waals surface area contributed by atoms with Crippen molar-refractivity contribution in [3.8, 4) is 5.75 Å². The van der Waals surface area contributed by atoms with E-state index in [2.05, 4.69) is 0 Å². The first-order valence-corrected chi connectivity index (χ1v) is 7.80. The summed E-state index contributed by atoms with van der Waals surface area (Å²) in [5, 5.41) is 9.63. The summed E-state index contributed by atoms with van der Waals surface area (Å²) in [6.45, 7) is 1.92. The molecule has 1 unspecified atom stereocenters. The Hall–Kier alpha value is -1.75. The van der Waals surface area contributed by atoms with Gasteiger partial charge < -0.3 is 14.7 Å². The van der Waals surface area contributed by atoms with E-state index >= 15 is 0 Å². The predicted octanol–water partition coefficient (Wildman–Crippen LogP) is 2.96. The minimum atomic E-state index is -0.965. The number of benzene rings is 1. The van der Waals surface area contributed by atoms with Crippen LogP contribution in [0, 0.1) is 0 Å². The minimum absolute atomic E-state index is 0.0862. The summed E-state index contributed by atoms with van der Waals surface area (Å²) < 4.78 is 5.53. The summed E-state index contributed by atoms with van der Waals surface area (Å²) in [6.07, 6.45) is 2.58. The van der Waals surface area contributed by atoms with Crippen LogP contribution < -0.4 is 4.74 Å². The molecule has 0 bridgehead atoms. The lowest BCUT2D eigenvalue weighted by Gasteiger charge is -2.26. The highest BCUT2D eigenvalue weighted by Crippen LogP contribution is 2.29. The summed E-state index contributed by atoms with van der Waals surface area (Å²) in [6, 6.07) is 6.47. The molecule has 5 nitrogen and oxygen atoms in total. The van der Waals surface area contributed by atoms with E-state index in [1.165, 1.54) is 4.90 Å². The van der Waals surface area contributed by atoms with E-state index in [1.807, 2.05) is 12.1 Å². The van der Waals surface area contributed by atoms with Gasteiger partial charge in [-0.1, -0.05) is 23.7 Å². The van der Waals surface area contributed by atoms with Crippen LogP contribution in [0.2, 0.25) is 5.02 Å². The van der Waals surface area contributed by atoms with Crippen molar-refractivity contribution in [3.63, 3.8) is 0 Å². The van der Waals surface area contributed by atoms with E-state index in [0.29, 0.717) is 23.8 Å². The molecule has 1 aromatic carbocycles. The van der Waals surface area contributed by atoms with Crippen molar-refractivity contribution in [1.29, 1.82) is 0 Å². The normalized spacial score (nSPS) is 15.2. The van der Waals surface area contributed by atoms with Gasteiger partial charge in [-0.15, -0.1) is 0 Å². The number of carboxylic acid groups (broad SMARTS) is 1. The summed E-state index contributed by atoms with van der Waals surface area (Å²) in [7, 11) is 0. The third kappa shape index (κ3) is 4.37. The molecule has 1 N–H and O–H groups in total. The Bertz CT molecular complexity index is 545. The zero-order chi connectivity index (χ0) is 16.1. The number of ether oxygens (including phenoxy) is 1. The zero-order valence-electron chi connectivity index (χ0n) is 12.5. The van der Waals surface area contributed by atoms with Crippen molar-refractivity contribution in [1.82, 2.24) is 4.90 Å². The molecule has 120 valence electrons. The Labute approximate surface area is 134 Å². The fraction of sp³-hybridized carbons (Fsp3) is 0.500. The topological polar surface area (TPSA) is 66.8 Å². The van der Waals surface area contributed by atoms with Crippen molar-refractivity contribution in [2.75, 3.05) is 6.61 Å². The molecule has 0 aliphatic heterocycles. The molecule has 0 aromatic heterocycles. The number of hydrogen-bond acceptors (Lipinski definition) is 3. The summed E-state index contributed by atoms with van der Waals surface area (Å²) in [4.78, 5) is 24.8. The Morgan fingerprint density at radius 1 is 1.41 bits per heavy atom. The molecule has 1 aromatic rings. The quantitative estimate of drug-likeness (QED) is 0.746. The highest BCUT2D eigenvalue weighted by Gasteiger charge is 2.37. The first-order valence-electron chi connectivity index (χ1n) is 7.42. The lowest BCUT2D eigenvalue weighted by atomic mass is 10.2. The maximum atomic E-state index is 12.2. The molecule has 1 aliphatic rings. The van der Waals surface area contributed by atoms with Gasteiger partial charge >= 0.3 is 5.97 Å². The number of nitrogens with zero attached hydrogens (tertiary/aromatic N) is 1. The molecule has 6 heteroatoms. The van der Waals surface area contributed by atoms with Gasteiger partial charge in [-0.3, -0.25) is 4.79 Å². The molecule has 0 heterocycles. The molecule has 1 amide bonds. The number of aliphatic carboxylic acids is 1. The van der Waals surface area contributed by atoms with Crippen LogP contribution in [-0.4, -0.2) is 40.6 Å². The highest BCUT2D eigenvalue weighted by molar-refractivity contribution is 6.32. The van der Waals surface area contributed by atoms with Crippen LogP contribution in [0.25, 0.3) is 0 Å². The zero-order valence-corrected chi connectivity index (χ0v) is 13.3. The molecular formula is C16H20ClNO4. The first-order chi connectivity index (χ1) is 10.5. The third-order valence-corrected chi connectivity index (χ3v) is 3.94. The summed E-state index contributed by atoms with van der Waals surface area (Å²) in [5.74, 6) is -0.498. The van der Waals surface area contributed by atoms with Crippen molar-refractivity contribution in [2.45, 2.75) is 44.7 Å². The van der Waals surface area contributed by atoms with Crippen LogP contribution in [0.1, 0.15) is 32.6 Å². The number of carbonyl (C=O) groups excluding carboxylic acids is 1. The molecule has 1 atom stereocenters. The third-order valence-electron chi connectivity index (χ3n) is 3.63. The maximum Gasteiger partial charge on any atom is 0.326 e. The molecule has 2 rings (SSSR count). The molecule has 0 saturated heterocycles. The van der Waals surface area contributed by atoms with E-state index in [0.717, 1.165) is 12.8 Å². The van der Waals surface area contributed by atoms with Crippen molar-refractivity contribution in [2.24, 2.45) is 0 Å². The second kappa shape index (κ2) is 7.49. The average Bonchev–Trinajstić information content (AvgIpc) is 3.30. The number of carboxylic acids is 1. The van der Waals surface area contributed by atoms with Crippen LogP contribution in [0.15, 0.2) is 24.3 Å². The molecule has 1 saturated carbocycles. The Kier molecular flexibility index (Phi) is 5.66. The standard InChI is InChI=1S/C16H20ClNO4/c1-11(16(20)21)18(12-8-9-12)15(19)7-4-10-22-14-6-3-2-5-13(14)17/h2-3,5-6,11-12H,4,7-10H2,1H3,(H,20,21). The number of halogens is 1. The Balaban J connectivity index is 1.79. The van der Waals surface area contributed by atoms with Crippen molar-refractivity contribution >= 4 is 23.5 Å². The van der Waals surface area contributed by atoms with Crippen LogP contribution in [0.4, 0.5) is 0 Å². The lowest BCUT2D eigenvalue weighted by Crippen LogP contribution is -2.44. The van der Waals surface area contributed by atoms with Gasteiger partial charge in [0, 0.05) is 12.5 Å². The predicted molar refractivity (Wildman–Crippen MR) is 83.1 cm³/mol. The smallest absolute Gasteiger partial charge is 0.326 e. The van der Waals surface area contributed by atoms with Gasteiger partial charge in [0.05, 0.1) is 11.6 Å². The van der Waals surface area contributed by atoms with Gasteiger partial charge in [0.25, 0.3) is 0 Å². The average molecular weight is 326 g/mol. The van der Waals surface area contributed by atoms with Crippen molar-refractivity contribution in [3.05, 3.63) is 29.3 Å². The van der Waals surface area contributed by atoms with Crippen LogP contribution in [0.3, 0.4) is 0 Å². The fourth-order valence-electron chi connectivity index (χ4n) is 2.30. The van der Waals surface area contributed by atoms with Gasteiger partial charge in [-0.2, -0.15) is 0 Å². The van der Waals surface area contributed by atoms with E-state index in [9.17, 15) is 9.59 Å². The molecule has 0 radical (unpaired) electrons. The monoisotopic (exact) mass is 325 g/mol. The second-order valence-corrected chi connectivity index (χ2v) is 5.84. The highest BCUT2D eigenvalue weighted by atomic mass is 35.5. The molecular weight excluding hydrogens is 306 g/mol. The van der Waals surface area contributed by atoms with E-state index in [4.69, 9.17) is 21.4 Å². The maximum absolute atomic E-state index is 12.2. The number of para-hydroxylation sites is 1. The van der Waals surface area contributed by atoms with Gasteiger partial charge in [0.2, 0.25) is 5.91 Å². The second-order valence-electron chi connectivity index (χ2n) is 5.43. The van der Waals surface area contributed by atoms with Crippen LogP contribution >= 0.6 is 11.6 Å². The van der Waals surface area contributed by atoms with E-state index in [-0.39, 0.29) is 18.4 Å². The van der Waals surface area contributed by atoms with Gasteiger partial charge in [0.1, 0.15) is 11.8 Å². The Morgan fingerprint density at radius 3 is 2.68 bits per heavy atom. The van der Waals surface area contributed by atoms with Crippen LogP contribution in [0.5, 0.6) is 5.75 Å².